The maximum absolute atomic E-state index is 12.8. The van der Waals surface area contributed by atoms with E-state index in [-0.39, 0.29) is 15.2 Å². The lowest BCUT2D eigenvalue weighted by Crippen LogP contribution is -2.05. The molecule has 0 fully saturated rings. The largest absolute Gasteiger partial charge is 0.417 e. The van der Waals surface area contributed by atoms with Crippen LogP contribution in [0.3, 0.4) is 0 Å². The molecule has 0 aliphatic rings. The van der Waals surface area contributed by atoms with Crippen LogP contribution < -0.4 is 0 Å². The number of benzene rings is 1. The Morgan fingerprint density at radius 1 is 1.00 bits per heavy atom. The van der Waals surface area contributed by atoms with Crippen molar-refractivity contribution in [3.63, 3.8) is 0 Å². The number of alkyl halides is 3. The van der Waals surface area contributed by atoms with Crippen molar-refractivity contribution >= 4 is 52.9 Å². The molecule has 152 valence electrons. The zero-order valence-electron chi connectivity index (χ0n) is 14.8. The fourth-order valence-corrected chi connectivity index (χ4v) is 3.55. The highest BCUT2D eigenvalue weighted by molar-refractivity contribution is 7.99. The molecule has 3 aromatic heterocycles. The summed E-state index contributed by atoms with van der Waals surface area (Å²) in [6, 6.07) is 9.90. The summed E-state index contributed by atoms with van der Waals surface area (Å²) in [7, 11) is 0. The van der Waals surface area contributed by atoms with Crippen LogP contribution in [-0.2, 0) is 6.18 Å². The minimum Gasteiger partial charge on any atom is -0.247 e. The summed E-state index contributed by atoms with van der Waals surface area (Å²) in [5, 5.41) is 5.29. The molecule has 0 spiro atoms. The molecule has 0 unspecified atom stereocenters. The van der Waals surface area contributed by atoms with Gasteiger partial charge in [-0.3, -0.25) is 0 Å². The molecule has 4 rings (SSSR count). The average molecular weight is 468 g/mol. The Hall–Kier alpha value is -2.62. The van der Waals surface area contributed by atoms with Crippen LogP contribution in [0.4, 0.5) is 13.2 Å². The fourth-order valence-electron chi connectivity index (χ4n) is 2.46. The Morgan fingerprint density at radius 2 is 1.77 bits per heavy atom. The Labute approximate surface area is 182 Å². The first-order valence-corrected chi connectivity index (χ1v) is 9.93. The number of aromatic nitrogens is 5. The minimum absolute atomic E-state index is 0.135. The monoisotopic (exact) mass is 467 g/mol. The van der Waals surface area contributed by atoms with Gasteiger partial charge in [-0.1, -0.05) is 41.4 Å². The highest BCUT2D eigenvalue weighted by Crippen LogP contribution is 2.35. The summed E-state index contributed by atoms with van der Waals surface area (Å²) < 4.78 is 39.8. The van der Waals surface area contributed by atoms with Crippen LogP contribution in [-0.4, -0.2) is 24.6 Å². The first kappa shape index (κ1) is 20.6. The normalized spacial score (nSPS) is 12.2. The molecule has 4 aromatic rings. The molecule has 3 heterocycles. The molecule has 0 amide bonds. The van der Waals surface area contributed by atoms with Gasteiger partial charge in [0.1, 0.15) is 5.03 Å². The molecule has 0 saturated heterocycles. The summed E-state index contributed by atoms with van der Waals surface area (Å²) in [5.74, 6) is 0.332. The van der Waals surface area contributed by atoms with Crippen LogP contribution in [0, 0.1) is 0 Å². The van der Waals surface area contributed by atoms with Gasteiger partial charge < -0.3 is 0 Å². The molecule has 0 bridgehead atoms. The molecular formula is C19H10Cl2F3N5S. The standard InChI is InChI=1S/C19H10Cl2F3N5S/c20-13-4-1-11(2-5-13)3-6-14-7-8-25-17-27-18(28-29(14)17)30-16-15(21)9-12(10-26-16)19(22,23)24/h1-10H. The first-order chi connectivity index (χ1) is 14.3. The number of pyridine rings is 1. The third-order valence-corrected chi connectivity index (χ3v) is 5.42. The number of fused-ring (bicyclic) bond motifs is 1. The van der Waals surface area contributed by atoms with E-state index in [4.69, 9.17) is 23.2 Å². The van der Waals surface area contributed by atoms with E-state index >= 15 is 0 Å². The van der Waals surface area contributed by atoms with Crippen molar-refractivity contribution in [2.24, 2.45) is 0 Å². The van der Waals surface area contributed by atoms with Gasteiger partial charge in [-0.2, -0.15) is 22.7 Å². The van der Waals surface area contributed by atoms with Crippen molar-refractivity contribution in [3.05, 3.63) is 75.7 Å². The number of nitrogens with zero attached hydrogens (tertiary/aromatic N) is 5. The van der Waals surface area contributed by atoms with Gasteiger partial charge in [0.15, 0.2) is 0 Å². The van der Waals surface area contributed by atoms with E-state index in [0.717, 1.165) is 29.6 Å². The fraction of sp³-hybridized carbons (Fsp3) is 0.0526. The summed E-state index contributed by atoms with van der Waals surface area (Å²) in [4.78, 5) is 12.2. The van der Waals surface area contributed by atoms with Crippen LogP contribution in [0.25, 0.3) is 17.9 Å². The quantitative estimate of drug-likeness (QED) is 0.359. The zero-order valence-corrected chi connectivity index (χ0v) is 17.1. The Bertz CT molecular complexity index is 1240. The second kappa shape index (κ2) is 8.25. The smallest absolute Gasteiger partial charge is 0.247 e. The number of hydrogen-bond acceptors (Lipinski definition) is 5. The second-order valence-electron chi connectivity index (χ2n) is 5.97. The van der Waals surface area contributed by atoms with E-state index in [9.17, 15) is 13.2 Å². The Morgan fingerprint density at radius 3 is 2.47 bits per heavy atom. The molecule has 0 N–H and O–H groups in total. The summed E-state index contributed by atoms with van der Waals surface area (Å²) in [5.41, 5.74) is 0.733. The van der Waals surface area contributed by atoms with Crippen molar-refractivity contribution in [1.82, 2.24) is 24.6 Å². The van der Waals surface area contributed by atoms with Crippen molar-refractivity contribution in [2.45, 2.75) is 16.4 Å². The third-order valence-electron chi connectivity index (χ3n) is 3.89. The predicted molar refractivity (Wildman–Crippen MR) is 110 cm³/mol. The van der Waals surface area contributed by atoms with Gasteiger partial charge in [-0.25, -0.2) is 9.97 Å². The van der Waals surface area contributed by atoms with Crippen LogP contribution in [0.5, 0.6) is 0 Å². The van der Waals surface area contributed by atoms with E-state index in [2.05, 4.69) is 20.1 Å². The van der Waals surface area contributed by atoms with Gasteiger partial charge in [0.2, 0.25) is 5.16 Å². The summed E-state index contributed by atoms with van der Waals surface area (Å²) in [6.07, 6.45) is 1.51. The lowest BCUT2D eigenvalue weighted by atomic mass is 10.2. The van der Waals surface area contributed by atoms with Gasteiger partial charge in [-0.05, 0) is 47.7 Å². The van der Waals surface area contributed by atoms with E-state index in [1.165, 1.54) is 4.52 Å². The maximum atomic E-state index is 12.8. The van der Waals surface area contributed by atoms with Crippen LogP contribution >= 0.6 is 35.0 Å². The molecule has 30 heavy (non-hydrogen) atoms. The van der Waals surface area contributed by atoms with Crippen LogP contribution in [0.15, 0.2) is 59.0 Å². The molecule has 0 saturated carbocycles. The van der Waals surface area contributed by atoms with E-state index in [1.807, 2.05) is 24.3 Å². The Kier molecular flexibility index (Phi) is 5.68. The molecule has 0 atom stereocenters. The lowest BCUT2D eigenvalue weighted by molar-refractivity contribution is -0.137. The van der Waals surface area contributed by atoms with Gasteiger partial charge >= 0.3 is 6.18 Å². The van der Waals surface area contributed by atoms with Crippen molar-refractivity contribution < 1.29 is 13.2 Å². The molecule has 0 aliphatic heterocycles. The molecule has 11 heteroatoms. The van der Waals surface area contributed by atoms with Gasteiger partial charge in [-0.15, -0.1) is 5.10 Å². The maximum Gasteiger partial charge on any atom is 0.417 e. The third kappa shape index (κ3) is 4.58. The lowest BCUT2D eigenvalue weighted by Gasteiger charge is -2.07. The average Bonchev–Trinajstić information content (AvgIpc) is 3.11. The summed E-state index contributed by atoms with van der Waals surface area (Å²) >= 11 is 12.8. The number of hydrogen-bond donors (Lipinski definition) is 0. The summed E-state index contributed by atoms with van der Waals surface area (Å²) in [6.45, 7) is 0. The molecular weight excluding hydrogens is 458 g/mol. The van der Waals surface area contributed by atoms with Gasteiger partial charge in [0.25, 0.3) is 5.78 Å². The van der Waals surface area contributed by atoms with Gasteiger partial charge in [0, 0.05) is 17.4 Å². The number of rotatable bonds is 4. The topological polar surface area (TPSA) is 56.0 Å². The van der Waals surface area contributed by atoms with Crippen LogP contribution in [0.2, 0.25) is 10.0 Å². The molecule has 0 aliphatic carbocycles. The van der Waals surface area contributed by atoms with Crippen molar-refractivity contribution in [2.75, 3.05) is 0 Å². The minimum atomic E-state index is -4.52. The van der Waals surface area contributed by atoms with Crippen molar-refractivity contribution in [1.29, 1.82) is 0 Å². The zero-order chi connectivity index (χ0) is 21.3. The second-order valence-corrected chi connectivity index (χ2v) is 7.77. The SMILES string of the molecule is FC(F)(F)c1cnc(Sc2nc3nccc(C=Cc4ccc(Cl)cc4)n3n2)c(Cl)c1. The number of halogens is 5. The highest BCUT2D eigenvalue weighted by Gasteiger charge is 2.31. The Balaban J connectivity index is 1.61. The molecule has 1 aromatic carbocycles. The first-order valence-electron chi connectivity index (χ1n) is 8.35. The van der Waals surface area contributed by atoms with Crippen molar-refractivity contribution in [3.8, 4) is 0 Å². The highest BCUT2D eigenvalue weighted by atomic mass is 35.5. The van der Waals surface area contributed by atoms with E-state index in [1.54, 1.807) is 24.4 Å². The predicted octanol–water partition coefficient (Wildman–Crippen LogP) is 6.17. The van der Waals surface area contributed by atoms with Gasteiger partial charge in [0.05, 0.1) is 16.3 Å². The molecule has 0 radical (unpaired) electrons. The van der Waals surface area contributed by atoms with Crippen LogP contribution in [0.1, 0.15) is 16.8 Å². The molecule has 5 nitrogen and oxygen atoms in total. The van der Waals surface area contributed by atoms with E-state index in [0.29, 0.717) is 16.5 Å². The van der Waals surface area contributed by atoms with E-state index < -0.39 is 11.7 Å².